The number of nitrogens with zero attached hydrogens (tertiary/aromatic N) is 3. The molecule has 1 aromatic heterocycles. The van der Waals surface area contributed by atoms with E-state index in [0.29, 0.717) is 11.8 Å². The number of aromatic nitrogens is 2. The fourth-order valence-electron chi connectivity index (χ4n) is 2.62. The summed E-state index contributed by atoms with van der Waals surface area (Å²) in [6, 6.07) is 8.64. The van der Waals surface area contributed by atoms with Crippen molar-refractivity contribution in [3.63, 3.8) is 0 Å². The number of benzene rings is 1. The Hall–Kier alpha value is -1.82. The monoisotopic (exact) mass is 269 g/mol. The van der Waals surface area contributed by atoms with Crippen LogP contribution in [0.25, 0.3) is 11.0 Å². The average Bonchev–Trinajstić information content (AvgIpc) is 2.66. The van der Waals surface area contributed by atoms with Gasteiger partial charge in [-0.1, -0.05) is 33.8 Å². The van der Waals surface area contributed by atoms with Crippen LogP contribution in [0.1, 0.15) is 45.0 Å². The van der Waals surface area contributed by atoms with Crippen LogP contribution < -0.4 is 0 Å². The second-order valence-electron chi connectivity index (χ2n) is 6.28. The van der Waals surface area contributed by atoms with Gasteiger partial charge in [-0.25, -0.2) is 4.98 Å². The number of hydrogen-bond acceptors (Lipinski definition) is 2. The van der Waals surface area contributed by atoms with Crippen LogP contribution >= 0.6 is 0 Å². The van der Waals surface area contributed by atoms with Gasteiger partial charge in [0.05, 0.1) is 23.0 Å². The number of nitriles is 1. The van der Waals surface area contributed by atoms with Gasteiger partial charge >= 0.3 is 0 Å². The Bertz CT molecular complexity index is 644. The first kappa shape index (κ1) is 14.6. The molecule has 0 saturated heterocycles. The molecule has 1 heterocycles. The van der Waals surface area contributed by atoms with E-state index in [-0.39, 0.29) is 5.92 Å². The third-order valence-electron chi connectivity index (χ3n) is 3.75. The van der Waals surface area contributed by atoms with Gasteiger partial charge in [-0.05, 0) is 29.5 Å². The Morgan fingerprint density at radius 3 is 2.50 bits per heavy atom. The van der Waals surface area contributed by atoms with Crippen molar-refractivity contribution < 1.29 is 0 Å². The second kappa shape index (κ2) is 5.66. The van der Waals surface area contributed by atoms with Gasteiger partial charge in [0, 0.05) is 13.5 Å². The number of imidazole rings is 1. The molecule has 20 heavy (non-hydrogen) atoms. The average molecular weight is 269 g/mol. The molecule has 1 atom stereocenters. The molecule has 0 N–H and O–H groups in total. The van der Waals surface area contributed by atoms with Crippen molar-refractivity contribution in [1.82, 2.24) is 9.55 Å². The first-order valence-corrected chi connectivity index (χ1v) is 7.29. The third kappa shape index (κ3) is 2.70. The summed E-state index contributed by atoms with van der Waals surface area (Å²) >= 11 is 0. The van der Waals surface area contributed by atoms with E-state index in [9.17, 15) is 5.26 Å². The van der Waals surface area contributed by atoms with E-state index in [1.54, 1.807) is 0 Å². The standard InChI is InChI=1S/C17H23N3/c1-11(2)8-17-19-15-9-13(14(10-18)12(3)4)6-7-16(15)20(17)5/h6-7,9,11-12,14H,8H2,1-5H3. The molecule has 2 rings (SSSR count). The summed E-state index contributed by atoms with van der Waals surface area (Å²) in [5.74, 6) is 1.96. The topological polar surface area (TPSA) is 41.6 Å². The number of fused-ring (bicyclic) bond motifs is 1. The highest BCUT2D eigenvalue weighted by atomic mass is 15.1. The molecule has 1 unspecified atom stereocenters. The summed E-state index contributed by atoms with van der Waals surface area (Å²) < 4.78 is 2.16. The number of hydrogen-bond donors (Lipinski definition) is 0. The van der Waals surface area contributed by atoms with Crippen LogP contribution in [0.4, 0.5) is 0 Å². The molecule has 0 bridgehead atoms. The Morgan fingerprint density at radius 1 is 1.25 bits per heavy atom. The minimum Gasteiger partial charge on any atom is -0.331 e. The van der Waals surface area contributed by atoms with Crippen molar-refractivity contribution in [2.75, 3.05) is 0 Å². The Kier molecular flexibility index (Phi) is 4.13. The highest BCUT2D eigenvalue weighted by molar-refractivity contribution is 5.77. The van der Waals surface area contributed by atoms with Crippen LogP contribution in [0.2, 0.25) is 0 Å². The van der Waals surface area contributed by atoms with Crippen LogP contribution in [0.15, 0.2) is 18.2 Å². The van der Waals surface area contributed by atoms with E-state index < -0.39 is 0 Å². The van der Waals surface area contributed by atoms with Crippen LogP contribution in [0.3, 0.4) is 0 Å². The molecule has 0 aliphatic rings. The van der Waals surface area contributed by atoms with E-state index in [0.717, 1.165) is 28.8 Å². The summed E-state index contributed by atoms with van der Waals surface area (Å²) in [5.41, 5.74) is 3.22. The quantitative estimate of drug-likeness (QED) is 0.840. The molecular formula is C17H23N3. The normalized spacial score (nSPS) is 13.1. The Labute approximate surface area is 121 Å². The molecule has 0 saturated carbocycles. The van der Waals surface area contributed by atoms with Crippen LogP contribution in [0.5, 0.6) is 0 Å². The number of aryl methyl sites for hydroxylation is 1. The second-order valence-corrected chi connectivity index (χ2v) is 6.28. The van der Waals surface area contributed by atoms with Crippen LogP contribution in [-0.4, -0.2) is 9.55 Å². The molecule has 0 aliphatic heterocycles. The summed E-state index contributed by atoms with van der Waals surface area (Å²) in [6.07, 6.45) is 0.979. The minimum atomic E-state index is -0.0602. The molecule has 0 spiro atoms. The highest BCUT2D eigenvalue weighted by Crippen LogP contribution is 2.27. The van der Waals surface area contributed by atoms with Crippen molar-refractivity contribution in [1.29, 1.82) is 5.26 Å². The molecule has 2 aromatic rings. The summed E-state index contributed by atoms with van der Waals surface area (Å²) in [7, 11) is 2.07. The van der Waals surface area contributed by atoms with E-state index in [2.05, 4.69) is 63.6 Å². The van der Waals surface area contributed by atoms with Crippen molar-refractivity contribution in [3.8, 4) is 6.07 Å². The van der Waals surface area contributed by atoms with Crippen LogP contribution in [0, 0.1) is 23.2 Å². The van der Waals surface area contributed by atoms with Crippen molar-refractivity contribution in [2.24, 2.45) is 18.9 Å². The first-order valence-electron chi connectivity index (χ1n) is 7.29. The van der Waals surface area contributed by atoms with E-state index in [1.165, 1.54) is 0 Å². The Balaban J connectivity index is 2.47. The molecular weight excluding hydrogens is 246 g/mol. The molecule has 0 aliphatic carbocycles. The zero-order chi connectivity index (χ0) is 14.9. The van der Waals surface area contributed by atoms with Gasteiger partial charge in [0.25, 0.3) is 0 Å². The van der Waals surface area contributed by atoms with E-state index >= 15 is 0 Å². The summed E-state index contributed by atoms with van der Waals surface area (Å²) in [6.45, 7) is 8.58. The van der Waals surface area contributed by atoms with Gasteiger partial charge in [-0.3, -0.25) is 0 Å². The third-order valence-corrected chi connectivity index (χ3v) is 3.75. The predicted molar refractivity (Wildman–Crippen MR) is 82.4 cm³/mol. The van der Waals surface area contributed by atoms with Crippen molar-refractivity contribution >= 4 is 11.0 Å². The molecule has 0 radical (unpaired) electrons. The van der Waals surface area contributed by atoms with Gasteiger partial charge < -0.3 is 4.57 Å². The predicted octanol–water partition coefficient (Wildman–Crippen LogP) is 4.03. The van der Waals surface area contributed by atoms with Gasteiger partial charge in [0.15, 0.2) is 0 Å². The lowest BCUT2D eigenvalue weighted by Crippen LogP contribution is -2.04. The van der Waals surface area contributed by atoms with Gasteiger partial charge in [0.2, 0.25) is 0 Å². The smallest absolute Gasteiger partial charge is 0.109 e. The largest absolute Gasteiger partial charge is 0.331 e. The first-order chi connectivity index (χ1) is 9.43. The lowest BCUT2D eigenvalue weighted by atomic mass is 9.90. The fraction of sp³-hybridized carbons (Fsp3) is 0.529. The summed E-state index contributed by atoms with van der Waals surface area (Å²) in [4.78, 5) is 4.74. The molecule has 3 heteroatoms. The zero-order valence-corrected chi connectivity index (χ0v) is 13.0. The van der Waals surface area contributed by atoms with Crippen LogP contribution in [-0.2, 0) is 13.5 Å². The maximum absolute atomic E-state index is 9.33. The van der Waals surface area contributed by atoms with Crippen molar-refractivity contribution in [2.45, 2.75) is 40.0 Å². The molecule has 1 aromatic carbocycles. The van der Waals surface area contributed by atoms with E-state index in [1.807, 2.05) is 0 Å². The molecule has 0 amide bonds. The fourth-order valence-corrected chi connectivity index (χ4v) is 2.62. The lowest BCUT2D eigenvalue weighted by molar-refractivity contribution is 0.587. The van der Waals surface area contributed by atoms with Gasteiger partial charge in [0.1, 0.15) is 5.82 Å². The van der Waals surface area contributed by atoms with Gasteiger partial charge in [-0.2, -0.15) is 5.26 Å². The highest BCUT2D eigenvalue weighted by Gasteiger charge is 2.17. The SMILES string of the molecule is CC(C)Cc1nc2cc(C(C#N)C(C)C)ccc2n1C. The summed E-state index contributed by atoms with van der Waals surface area (Å²) in [5, 5.41) is 9.33. The van der Waals surface area contributed by atoms with Crippen molar-refractivity contribution in [3.05, 3.63) is 29.6 Å². The van der Waals surface area contributed by atoms with Gasteiger partial charge in [-0.15, -0.1) is 0 Å². The molecule has 106 valence electrons. The maximum atomic E-state index is 9.33. The zero-order valence-electron chi connectivity index (χ0n) is 13.0. The number of rotatable bonds is 4. The Morgan fingerprint density at radius 2 is 1.95 bits per heavy atom. The lowest BCUT2D eigenvalue weighted by Gasteiger charge is -2.13. The minimum absolute atomic E-state index is 0.0602. The molecule has 3 nitrogen and oxygen atoms in total. The maximum Gasteiger partial charge on any atom is 0.109 e. The van der Waals surface area contributed by atoms with E-state index in [4.69, 9.17) is 4.98 Å². The molecule has 0 fully saturated rings.